The minimum atomic E-state index is -0.0895. The van der Waals surface area contributed by atoms with Gasteiger partial charge in [-0.15, -0.1) is 0 Å². The van der Waals surface area contributed by atoms with Gasteiger partial charge in [-0.1, -0.05) is 19.9 Å². The molecule has 2 heterocycles. The third kappa shape index (κ3) is 5.76. The second-order valence-corrected chi connectivity index (χ2v) is 8.40. The Kier molecular flexibility index (Phi) is 6.47. The molecule has 1 N–H and O–H groups in total. The van der Waals surface area contributed by atoms with Crippen molar-refractivity contribution in [2.45, 2.75) is 52.5 Å². The summed E-state index contributed by atoms with van der Waals surface area (Å²) in [6.07, 6.45) is 4.07. The van der Waals surface area contributed by atoms with Crippen LogP contribution in [0.3, 0.4) is 0 Å². The third-order valence-electron chi connectivity index (χ3n) is 5.24. The first-order valence-corrected chi connectivity index (χ1v) is 10.2. The number of rotatable bonds is 7. The van der Waals surface area contributed by atoms with Crippen molar-refractivity contribution in [3.63, 3.8) is 0 Å². The zero-order valence-corrected chi connectivity index (χ0v) is 16.8. The predicted octanol–water partition coefficient (Wildman–Crippen LogP) is 2.69. The second kappa shape index (κ2) is 8.83. The van der Waals surface area contributed by atoms with E-state index in [0.29, 0.717) is 30.9 Å². The molecule has 2 aliphatic rings. The fourth-order valence-corrected chi connectivity index (χ4v) is 3.77. The molecule has 0 bridgehead atoms. The maximum Gasteiger partial charge on any atom is 0.237 e. The maximum atomic E-state index is 12.8. The Hall–Kier alpha value is -1.95. The first-order valence-electron chi connectivity index (χ1n) is 10.2. The highest BCUT2D eigenvalue weighted by Gasteiger charge is 2.34. The number of anilines is 1. The van der Waals surface area contributed by atoms with Gasteiger partial charge >= 0.3 is 0 Å². The van der Waals surface area contributed by atoms with Crippen LogP contribution >= 0.6 is 0 Å². The number of piperidine rings is 1. The Labute approximate surface area is 162 Å². The highest BCUT2D eigenvalue weighted by atomic mass is 16.2. The largest absolute Gasteiger partial charge is 0.338 e. The highest BCUT2D eigenvalue weighted by molar-refractivity contribution is 5.92. The van der Waals surface area contributed by atoms with Crippen molar-refractivity contribution < 1.29 is 9.59 Å². The molecule has 1 saturated carbocycles. The minimum Gasteiger partial charge on any atom is -0.338 e. The van der Waals surface area contributed by atoms with Gasteiger partial charge in [0.25, 0.3) is 0 Å². The van der Waals surface area contributed by atoms with Gasteiger partial charge in [0, 0.05) is 24.8 Å². The van der Waals surface area contributed by atoms with Crippen molar-refractivity contribution in [1.82, 2.24) is 14.8 Å². The van der Waals surface area contributed by atoms with Gasteiger partial charge in [-0.05, 0) is 57.2 Å². The van der Waals surface area contributed by atoms with E-state index >= 15 is 0 Å². The van der Waals surface area contributed by atoms with Gasteiger partial charge in [-0.3, -0.25) is 14.5 Å². The van der Waals surface area contributed by atoms with Crippen LogP contribution in [0.15, 0.2) is 18.2 Å². The highest BCUT2D eigenvalue weighted by Crippen LogP contribution is 2.28. The van der Waals surface area contributed by atoms with Crippen LogP contribution in [-0.2, 0) is 9.59 Å². The molecule has 0 radical (unpaired) electrons. The van der Waals surface area contributed by atoms with Crippen molar-refractivity contribution in [3.05, 3.63) is 23.9 Å². The summed E-state index contributed by atoms with van der Waals surface area (Å²) in [5, 5.41) is 2.93. The van der Waals surface area contributed by atoms with Crippen LogP contribution in [0.25, 0.3) is 0 Å². The molecule has 1 aliphatic heterocycles. The molecule has 1 aromatic heterocycles. The van der Waals surface area contributed by atoms with Gasteiger partial charge in [0.05, 0.1) is 12.5 Å². The van der Waals surface area contributed by atoms with Crippen LogP contribution in [0.5, 0.6) is 0 Å². The van der Waals surface area contributed by atoms with E-state index in [4.69, 9.17) is 0 Å². The zero-order valence-electron chi connectivity index (χ0n) is 16.8. The first kappa shape index (κ1) is 19.8. The van der Waals surface area contributed by atoms with E-state index in [-0.39, 0.29) is 17.7 Å². The van der Waals surface area contributed by atoms with Crippen LogP contribution in [0.1, 0.15) is 45.2 Å². The lowest BCUT2D eigenvalue weighted by Crippen LogP contribution is -2.47. The number of likely N-dealkylation sites (tertiary alicyclic amines) is 1. The lowest BCUT2D eigenvalue weighted by molar-refractivity contribution is -0.135. The summed E-state index contributed by atoms with van der Waals surface area (Å²) in [4.78, 5) is 34.0. The van der Waals surface area contributed by atoms with Crippen LogP contribution in [-0.4, -0.2) is 58.8 Å². The summed E-state index contributed by atoms with van der Waals surface area (Å²) in [6.45, 7) is 9.01. The quantitative estimate of drug-likeness (QED) is 0.799. The van der Waals surface area contributed by atoms with E-state index in [0.717, 1.165) is 44.5 Å². The van der Waals surface area contributed by atoms with Gasteiger partial charge in [-0.2, -0.15) is 0 Å². The number of nitrogens with zero attached hydrogens (tertiary/aromatic N) is 3. The molecular formula is C21H32N4O2. The number of nitrogens with one attached hydrogen (secondary N) is 1. The van der Waals surface area contributed by atoms with Gasteiger partial charge in [0.2, 0.25) is 11.8 Å². The average Bonchev–Trinajstić information content (AvgIpc) is 3.44. The van der Waals surface area contributed by atoms with Gasteiger partial charge in [-0.25, -0.2) is 4.98 Å². The summed E-state index contributed by atoms with van der Waals surface area (Å²) in [6, 6.07) is 6.06. The van der Waals surface area contributed by atoms with Crippen molar-refractivity contribution in [2.24, 2.45) is 11.8 Å². The Morgan fingerprint density at radius 1 is 1.30 bits per heavy atom. The van der Waals surface area contributed by atoms with Crippen molar-refractivity contribution in [3.8, 4) is 0 Å². The predicted molar refractivity (Wildman–Crippen MR) is 106 cm³/mol. The monoisotopic (exact) mass is 372 g/mol. The molecule has 27 heavy (non-hydrogen) atoms. The minimum absolute atomic E-state index is 0.00600. The molecule has 1 aromatic rings. The molecule has 1 unspecified atom stereocenters. The summed E-state index contributed by atoms with van der Waals surface area (Å²) in [5.74, 6) is 1.22. The van der Waals surface area contributed by atoms with Gasteiger partial charge in [0.15, 0.2) is 0 Å². The molecule has 0 spiro atoms. The summed E-state index contributed by atoms with van der Waals surface area (Å²) in [5.41, 5.74) is 0.883. The van der Waals surface area contributed by atoms with Crippen molar-refractivity contribution in [1.29, 1.82) is 0 Å². The molecule has 1 atom stereocenters. The molecule has 0 aromatic carbocycles. The Morgan fingerprint density at radius 3 is 2.74 bits per heavy atom. The topological polar surface area (TPSA) is 65.5 Å². The fourth-order valence-electron chi connectivity index (χ4n) is 3.77. The summed E-state index contributed by atoms with van der Waals surface area (Å²) >= 11 is 0. The van der Waals surface area contributed by atoms with Gasteiger partial charge < -0.3 is 10.2 Å². The van der Waals surface area contributed by atoms with E-state index in [1.807, 2.05) is 25.1 Å². The number of aromatic nitrogens is 1. The zero-order chi connectivity index (χ0) is 19.4. The Morgan fingerprint density at radius 2 is 2.07 bits per heavy atom. The van der Waals surface area contributed by atoms with Crippen LogP contribution in [0.4, 0.5) is 5.82 Å². The Balaban J connectivity index is 1.53. The van der Waals surface area contributed by atoms with Crippen LogP contribution in [0.2, 0.25) is 0 Å². The van der Waals surface area contributed by atoms with Crippen molar-refractivity contribution >= 4 is 17.6 Å². The van der Waals surface area contributed by atoms with Crippen LogP contribution < -0.4 is 5.32 Å². The number of carbonyl (C=O) groups excluding carboxylic acids is 2. The second-order valence-electron chi connectivity index (χ2n) is 8.40. The number of carbonyl (C=O) groups is 2. The van der Waals surface area contributed by atoms with E-state index in [2.05, 4.69) is 33.9 Å². The van der Waals surface area contributed by atoms with Crippen LogP contribution in [0, 0.1) is 18.8 Å². The van der Waals surface area contributed by atoms with E-state index in [1.165, 1.54) is 0 Å². The number of pyridine rings is 1. The third-order valence-corrected chi connectivity index (χ3v) is 5.24. The summed E-state index contributed by atoms with van der Waals surface area (Å²) in [7, 11) is 0. The number of aryl methyl sites for hydroxylation is 1. The lowest BCUT2D eigenvalue weighted by Gasteiger charge is -2.33. The molecule has 2 amide bonds. The molecule has 6 heteroatoms. The molecule has 6 nitrogen and oxygen atoms in total. The van der Waals surface area contributed by atoms with E-state index in [9.17, 15) is 9.59 Å². The normalized spacial score (nSPS) is 20.5. The number of amides is 2. The molecule has 3 rings (SSSR count). The maximum absolute atomic E-state index is 12.8. The standard InChI is InChI=1S/C21H32N4O2/c1-15(2)12-25(18-9-10-18)20(26)14-24-11-5-7-17(13-24)21(27)23-19-8-4-6-16(3)22-19/h4,6,8,15,17-18H,5,7,9-14H2,1-3H3,(H,22,23,27). The van der Waals surface area contributed by atoms with E-state index < -0.39 is 0 Å². The molecule has 2 fully saturated rings. The SMILES string of the molecule is Cc1cccc(NC(=O)C2CCCN(CC(=O)N(CC(C)C)C3CC3)C2)n1. The molecule has 1 saturated heterocycles. The number of hydrogen-bond donors (Lipinski definition) is 1. The average molecular weight is 373 g/mol. The lowest BCUT2D eigenvalue weighted by atomic mass is 9.97. The number of hydrogen-bond acceptors (Lipinski definition) is 4. The van der Waals surface area contributed by atoms with E-state index in [1.54, 1.807) is 0 Å². The van der Waals surface area contributed by atoms with Gasteiger partial charge in [0.1, 0.15) is 5.82 Å². The molecule has 148 valence electrons. The molecule has 1 aliphatic carbocycles. The Bertz CT molecular complexity index is 672. The smallest absolute Gasteiger partial charge is 0.237 e. The first-order chi connectivity index (χ1) is 12.9. The van der Waals surface area contributed by atoms with Crippen molar-refractivity contribution in [2.75, 3.05) is 31.5 Å². The molecular weight excluding hydrogens is 340 g/mol. The fraction of sp³-hybridized carbons (Fsp3) is 0.667. The summed E-state index contributed by atoms with van der Waals surface area (Å²) < 4.78 is 0.